The second-order valence-electron chi connectivity index (χ2n) is 11.0. The van der Waals surface area contributed by atoms with Gasteiger partial charge in [-0.2, -0.15) is 0 Å². The molecule has 0 fully saturated rings. The van der Waals surface area contributed by atoms with E-state index in [0.717, 1.165) is 24.1 Å². The Labute approximate surface area is 260 Å². The first-order valence-electron chi connectivity index (χ1n) is 15.2. The van der Waals surface area contributed by atoms with Gasteiger partial charge in [-0.25, -0.2) is 8.42 Å². The Morgan fingerprint density at radius 3 is 1.74 bits per heavy atom. The van der Waals surface area contributed by atoms with Gasteiger partial charge in [-0.05, 0) is 30.5 Å². The molecule has 3 rings (SSSR count). The Kier molecular flexibility index (Phi) is 16.8. The first kappa shape index (κ1) is 34.2. The van der Waals surface area contributed by atoms with Crippen molar-refractivity contribution in [2.24, 2.45) is 0 Å². The van der Waals surface area contributed by atoms with Gasteiger partial charge in [0.05, 0.1) is 22.4 Å². The van der Waals surface area contributed by atoms with Crippen molar-refractivity contribution >= 4 is 21.5 Å². The van der Waals surface area contributed by atoms with Crippen LogP contribution in [0.1, 0.15) is 122 Å². The van der Waals surface area contributed by atoms with Gasteiger partial charge in [-0.1, -0.05) is 140 Å². The van der Waals surface area contributed by atoms with Crippen LogP contribution >= 0.6 is 0 Å². The van der Waals surface area contributed by atoms with E-state index in [2.05, 4.69) is 29.3 Å². The minimum atomic E-state index is -4.54. The molecule has 39 heavy (non-hydrogen) atoms. The number of anilines is 2. The van der Waals surface area contributed by atoms with E-state index in [9.17, 15) is 13.0 Å². The summed E-state index contributed by atoms with van der Waals surface area (Å²) >= 11 is 0. The van der Waals surface area contributed by atoms with Crippen molar-refractivity contribution in [1.29, 1.82) is 0 Å². The normalized spacial score (nSPS) is 14.6. The monoisotopic (exact) mass is 564 g/mol. The third-order valence-corrected chi connectivity index (χ3v) is 8.68. The van der Waals surface area contributed by atoms with Crippen LogP contribution in [-0.2, 0) is 16.7 Å². The zero-order valence-electron chi connectivity index (χ0n) is 24.5. The maximum Gasteiger partial charge on any atom is 1.00 e. The molecule has 212 valence electrons. The van der Waals surface area contributed by atoms with E-state index in [1.165, 1.54) is 102 Å². The number of nitrogens with one attached hydrogen (secondary N) is 1. The van der Waals surface area contributed by atoms with E-state index in [0.29, 0.717) is 12.2 Å². The first-order chi connectivity index (χ1) is 18.5. The Morgan fingerprint density at radius 1 is 0.718 bits per heavy atom. The Bertz CT molecular complexity index is 1030. The fourth-order valence-corrected chi connectivity index (χ4v) is 6.27. The predicted octanol–water partition coefficient (Wildman–Crippen LogP) is 6.00. The fourth-order valence-electron chi connectivity index (χ4n) is 5.61. The second-order valence-corrected chi connectivity index (χ2v) is 12.3. The maximum atomic E-state index is 11.9. The standard InChI is InChI=1S/C32H50N2O3S.Na/c1-2-3-4-5-6-7-8-9-10-11-12-13-14-15-16-20-26-31-33-32-29(24-21-25-30(32)38(35,36)37)34(31)27-28-22-18-17-19-23-28;/h17-19,21-25,31,33H,2-16,20,26-27H2,1H3,(H,35,36,37);/q;+1/p-1. The van der Waals surface area contributed by atoms with Crippen molar-refractivity contribution in [2.45, 2.75) is 134 Å². The average molecular weight is 565 g/mol. The van der Waals surface area contributed by atoms with Gasteiger partial charge in [-0.3, -0.25) is 0 Å². The van der Waals surface area contributed by atoms with Crippen LogP contribution in [0.25, 0.3) is 0 Å². The molecule has 7 heteroatoms. The molecule has 0 bridgehead atoms. The summed E-state index contributed by atoms with van der Waals surface area (Å²) in [5.41, 5.74) is 2.42. The first-order valence-corrected chi connectivity index (χ1v) is 16.6. The molecule has 0 aliphatic carbocycles. The zero-order valence-corrected chi connectivity index (χ0v) is 27.3. The van der Waals surface area contributed by atoms with Crippen molar-refractivity contribution in [2.75, 3.05) is 10.2 Å². The summed E-state index contributed by atoms with van der Waals surface area (Å²) < 4.78 is 35.6. The van der Waals surface area contributed by atoms with Crippen molar-refractivity contribution in [3.63, 3.8) is 0 Å². The number of benzene rings is 2. The smallest absolute Gasteiger partial charge is 0.744 e. The van der Waals surface area contributed by atoms with Gasteiger partial charge in [0, 0.05) is 6.54 Å². The summed E-state index contributed by atoms with van der Waals surface area (Å²) in [6, 6.07) is 15.2. The molecule has 1 N–H and O–H groups in total. The molecule has 1 unspecified atom stereocenters. The van der Waals surface area contributed by atoms with Crippen molar-refractivity contribution in [3.05, 3.63) is 54.1 Å². The molecule has 0 aromatic heterocycles. The van der Waals surface area contributed by atoms with Crippen LogP contribution in [0.4, 0.5) is 11.4 Å². The molecule has 1 atom stereocenters. The summed E-state index contributed by atoms with van der Waals surface area (Å²) in [6.07, 6.45) is 22.4. The Morgan fingerprint density at radius 2 is 1.23 bits per heavy atom. The quantitative estimate of drug-likeness (QED) is 0.121. The summed E-state index contributed by atoms with van der Waals surface area (Å²) in [5, 5.41) is 3.38. The Balaban J connectivity index is 0.00000533. The van der Waals surface area contributed by atoms with Crippen LogP contribution in [0.5, 0.6) is 0 Å². The van der Waals surface area contributed by atoms with E-state index in [1.807, 2.05) is 24.3 Å². The third kappa shape index (κ3) is 12.1. The van der Waals surface area contributed by atoms with E-state index >= 15 is 0 Å². The number of fused-ring (bicyclic) bond motifs is 1. The maximum absolute atomic E-state index is 11.9. The molecule has 0 amide bonds. The fraction of sp³-hybridized carbons (Fsp3) is 0.625. The molecule has 1 heterocycles. The summed E-state index contributed by atoms with van der Waals surface area (Å²) in [7, 11) is -4.54. The number of para-hydroxylation sites is 1. The molecule has 0 saturated heterocycles. The summed E-state index contributed by atoms with van der Waals surface area (Å²) in [6.45, 7) is 2.95. The van der Waals surface area contributed by atoms with Crippen LogP contribution in [0.15, 0.2) is 53.4 Å². The van der Waals surface area contributed by atoms with Crippen molar-refractivity contribution < 1.29 is 42.5 Å². The molecule has 1 aliphatic heterocycles. The van der Waals surface area contributed by atoms with Gasteiger partial charge in [-0.15, -0.1) is 0 Å². The van der Waals surface area contributed by atoms with Crippen molar-refractivity contribution in [3.8, 4) is 0 Å². The van der Waals surface area contributed by atoms with Gasteiger partial charge >= 0.3 is 29.6 Å². The van der Waals surface area contributed by atoms with Crippen molar-refractivity contribution in [1.82, 2.24) is 0 Å². The number of rotatable bonds is 20. The van der Waals surface area contributed by atoms with E-state index < -0.39 is 10.1 Å². The number of nitrogens with zero attached hydrogens (tertiary/aromatic N) is 1. The Hall–Kier alpha value is -1.05. The largest absolute Gasteiger partial charge is 1.00 e. The van der Waals surface area contributed by atoms with E-state index in [1.54, 1.807) is 6.07 Å². The van der Waals surface area contributed by atoms with Crippen LogP contribution < -0.4 is 39.8 Å². The van der Waals surface area contributed by atoms with E-state index in [4.69, 9.17) is 0 Å². The predicted molar refractivity (Wildman–Crippen MR) is 159 cm³/mol. The van der Waals surface area contributed by atoms with Gasteiger partial charge in [0.2, 0.25) is 0 Å². The van der Waals surface area contributed by atoms with Crippen LogP contribution in [0, 0.1) is 0 Å². The molecular formula is C32H49N2NaO3S. The van der Waals surface area contributed by atoms with E-state index in [-0.39, 0.29) is 40.6 Å². The average Bonchev–Trinajstić information content (AvgIpc) is 3.25. The summed E-state index contributed by atoms with van der Waals surface area (Å²) in [4.78, 5) is 2.06. The zero-order chi connectivity index (χ0) is 27.1. The van der Waals surface area contributed by atoms with Gasteiger partial charge in [0.1, 0.15) is 10.1 Å². The van der Waals surface area contributed by atoms with Gasteiger partial charge < -0.3 is 14.8 Å². The third-order valence-electron chi connectivity index (χ3n) is 7.80. The number of hydrogen-bond acceptors (Lipinski definition) is 5. The molecule has 1 aliphatic rings. The molecule has 0 radical (unpaired) electrons. The molecule has 0 spiro atoms. The van der Waals surface area contributed by atoms with Crippen LogP contribution in [0.2, 0.25) is 0 Å². The molecule has 0 saturated carbocycles. The molecular weight excluding hydrogens is 515 g/mol. The molecule has 2 aromatic carbocycles. The minimum Gasteiger partial charge on any atom is -0.744 e. The molecule has 5 nitrogen and oxygen atoms in total. The summed E-state index contributed by atoms with van der Waals surface area (Å²) in [5.74, 6) is 0. The SMILES string of the molecule is CCCCCCCCCCCCCCCCCCC1Nc2c(cccc2S(=O)(=O)[O-])N1Cc1ccccc1.[Na+]. The molecule has 2 aromatic rings. The topological polar surface area (TPSA) is 72.5 Å². The number of unbranched alkanes of at least 4 members (excludes halogenated alkanes) is 15. The van der Waals surface area contributed by atoms with Crippen LogP contribution in [0.3, 0.4) is 0 Å². The minimum absolute atomic E-state index is 0. The van der Waals surface area contributed by atoms with Crippen LogP contribution in [-0.4, -0.2) is 19.1 Å². The number of hydrogen-bond donors (Lipinski definition) is 1. The van der Waals surface area contributed by atoms with Gasteiger partial charge in [0.25, 0.3) is 0 Å². The van der Waals surface area contributed by atoms with Gasteiger partial charge in [0.15, 0.2) is 0 Å². The second kappa shape index (κ2) is 19.1.